The SMILES string of the molecule is CC(C)C1CCCN1CC(=O)NCC1CCN(c2ccccc2)C1. The highest BCUT2D eigenvalue weighted by atomic mass is 16.2. The van der Waals surface area contributed by atoms with E-state index in [9.17, 15) is 4.79 Å². The van der Waals surface area contributed by atoms with Crippen molar-refractivity contribution < 1.29 is 4.79 Å². The third-order valence-electron chi connectivity index (χ3n) is 5.53. The molecule has 2 aliphatic rings. The molecule has 4 heteroatoms. The molecule has 132 valence electrons. The van der Waals surface area contributed by atoms with Crippen LogP contribution in [0.15, 0.2) is 30.3 Å². The van der Waals surface area contributed by atoms with E-state index in [2.05, 4.69) is 59.3 Å². The van der Waals surface area contributed by atoms with Crippen molar-refractivity contribution in [3.8, 4) is 0 Å². The molecule has 0 saturated carbocycles. The predicted molar refractivity (Wildman–Crippen MR) is 99.2 cm³/mol. The maximum Gasteiger partial charge on any atom is 0.234 e. The molecule has 0 aromatic heterocycles. The highest BCUT2D eigenvalue weighted by molar-refractivity contribution is 5.78. The summed E-state index contributed by atoms with van der Waals surface area (Å²) in [6.07, 6.45) is 3.62. The molecule has 0 aliphatic carbocycles. The van der Waals surface area contributed by atoms with Gasteiger partial charge in [-0.25, -0.2) is 0 Å². The smallest absolute Gasteiger partial charge is 0.234 e. The average Bonchev–Trinajstić information content (AvgIpc) is 3.23. The van der Waals surface area contributed by atoms with Crippen LogP contribution in [0.3, 0.4) is 0 Å². The van der Waals surface area contributed by atoms with Gasteiger partial charge in [0.25, 0.3) is 0 Å². The third kappa shape index (κ3) is 4.29. The molecule has 2 heterocycles. The first-order chi connectivity index (χ1) is 11.6. The van der Waals surface area contributed by atoms with Gasteiger partial charge in [0, 0.05) is 31.4 Å². The van der Waals surface area contributed by atoms with Crippen LogP contribution < -0.4 is 10.2 Å². The fourth-order valence-electron chi connectivity index (χ4n) is 4.17. The number of hydrogen-bond acceptors (Lipinski definition) is 3. The third-order valence-corrected chi connectivity index (χ3v) is 5.53. The summed E-state index contributed by atoms with van der Waals surface area (Å²) in [5, 5.41) is 3.18. The fraction of sp³-hybridized carbons (Fsp3) is 0.650. The summed E-state index contributed by atoms with van der Waals surface area (Å²) < 4.78 is 0. The lowest BCUT2D eigenvalue weighted by Gasteiger charge is -2.27. The summed E-state index contributed by atoms with van der Waals surface area (Å²) in [5.41, 5.74) is 1.29. The molecule has 0 spiro atoms. The molecule has 0 radical (unpaired) electrons. The van der Waals surface area contributed by atoms with E-state index in [0.29, 0.717) is 24.4 Å². The Hall–Kier alpha value is -1.55. The van der Waals surface area contributed by atoms with Crippen molar-refractivity contribution >= 4 is 11.6 Å². The Morgan fingerprint density at radius 1 is 1.21 bits per heavy atom. The summed E-state index contributed by atoms with van der Waals surface area (Å²) in [5.74, 6) is 1.39. The highest BCUT2D eigenvalue weighted by Gasteiger charge is 2.29. The minimum absolute atomic E-state index is 0.195. The minimum Gasteiger partial charge on any atom is -0.371 e. The Morgan fingerprint density at radius 3 is 2.75 bits per heavy atom. The first-order valence-corrected chi connectivity index (χ1v) is 9.44. The van der Waals surface area contributed by atoms with Crippen molar-refractivity contribution in [3.05, 3.63) is 30.3 Å². The van der Waals surface area contributed by atoms with Crippen LogP contribution in [0.25, 0.3) is 0 Å². The molecule has 4 nitrogen and oxygen atoms in total. The molecule has 1 aromatic carbocycles. The predicted octanol–water partition coefficient (Wildman–Crippen LogP) is 2.75. The summed E-state index contributed by atoms with van der Waals surface area (Å²) in [7, 11) is 0. The van der Waals surface area contributed by atoms with E-state index in [1.165, 1.54) is 18.5 Å². The van der Waals surface area contributed by atoms with Crippen LogP contribution in [0, 0.1) is 11.8 Å². The van der Waals surface area contributed by atoms with Crippen LogP contribution in [0.1, 0.15) is 33.1 Å². The fourth-order valence-corrected chi connectivity index (χ4v) is 4.17. The molecule has 2 unspecified atom stereocenters. The second-order valence-electron chi connectivity index (χ2n) is 7.66. The Labute approximate surface area is 146 Å². The molecule has 2 saturated heterocycles. The number of benzene rings is 1. The number of amides is 1. The number of likely N-dealkylation sites (tertiary alicyclic amines) is 1. The van der Waals surface area contributed by atoms with Crippen LogP contribution in [-0.4, -0.2) is 49.6 Å². The van der Waals surface area contributed by atoms with E-state index in [4.69, 9.17) is 0 Å². The Balaban J connectivity index is 1.41. The number of nitrogens with one attached hydrogen (secondary N) is 1. The van der Waals surface area contributed by atoms with Crippen molar-refractivity contribution in [3.63, 3.8) is 0 Å². The quantitative estimate of drug-likeness (QED) is 0.872. The second-order valence-corrected chi connectivity index (χ2v) is 7.66. The molecule has 24 heavy (non-hydrogen) atoms. The van der Waals surface area contributed by atoms with Gasteiger partial charge in [-0.05, 0) is 49.8 Å². The van der Waals surface area contributed by atoms with Gasteiger partial charge in [0.15, 0.2) is 0 Å². The molecule has 1 N–H and O–H groups in total. The minimum atomic E-state index is 0.195. The molecule has 1 aromatic rings. The summed E-state index contributed by atoms with van der Waals surface area (Å²) in [6.45, 7) is 9.10. The average molecular weight is 329 g/mol. The van der Waals surface area contributed by atoms with Gasteiger partial charge in [-0.15, -0.1) is 0 Å². The van der Waals surface area contributed by atoms with Crippen molar-refractivity contribution in [1.29, 1.82) is 0 Å². The number of nitrogens with zero attached hydrogens (tertiary/aromatic N) is 2. The van der Waals surface area contributed by atoms with Gasteiger partial charge < -0.3 is 10.2 Å². The van der Waals surface area contributed by atoms with Crippen LogP contribution in [0.2, 0.25) is 0 Å². The first-order valence-electron chi connectivity index (χ1n) is 9.44. The molecular weight excluding hydrogens is 298 g/mol. The normalized spacial score (nSPS) is 24.7. The van der Waals surface area contributed by atoms with Gasteiger partial charge in [-0.1, -0.05) is 32.0 Å². The summed E-state index contributed by atoms with van der Waals surface area (Å²) >= 11 is 0. The molecule has 2 fully saturated rings. The van der Waals surface area contributed by atoms with Crippen LogP contribution in [0.5, 0.6) is 0 Å². The maximum absolute atomic E-state index is 12.3. The van der Waals surface area contributed by atoms with E-state index in [1.807, 2.05) is 0 Å². The number of hydrogen-bond donors (Lipinski definition) is 1. The van der Waals surface area contributed by atoms with Gasteiger partial charge in [-0.3, -0.25) is 9.69 Å². The number of rotatable bonds is 6. The molecule has 1 amide bonds. The number of anilines is 1. The van der Waals surface area contributed by atoms with E-state index in [0.717, 1.165) is 32.6 Å². The van der Waals surface area contributed by atoms with Crippen LogP contribution >= 0.6 is 0 Å². The number of carbonyl (C=O) groups is 1. The molecule has 2 atom stereocenters. The summed E-state index contributed by atoms with van der Waals surface area (Å²) in [4.78, 5) is 17.1. The van der Waals surface area contributed by atoms with Crippen molar-refractivity contribution in [2.45, 2.75) is 39.2 Å². The van der Waals surface area contributed by atoms with Gasteiger partial charge in [0.1, 0.15) is 0 Å². The van der Waals surface area contributed by atoms with E-state index >= 15 is 0 Å². The molecule has 3 rings (SSSR count). The Bertz CT molecular complexity index is 531. The Morgan fingerprint density at radius 2 is 2.00 bits per heavy atom. The zero-order valence-corrected chi connectivity index (χ0v) is 15.1. The van der Waals surface area contributed by atoms with E-state index in [1.54, 1.807) is 0 Å². The lowest BCUT2D eigenvalue weighted by atomic mass is 10.0. The van der Waals surface area contributed by atoms with Crippen molar-refractivity contribution in [2.24, 2.45) is 11.8 Å². The van der Waals surface area contributed by atoms with Gasteiger partial charge in [0.2, 0.25) is 5.91 Å². The Kier molecular flexibility index (Phi) is 5.77. The van der Waals surface area contributed by atoms with E-state index < -0.39 is 0 Å². The van der Waals surface area contributed by atoms with E-state index in [-0.39, 0.29) is 5.91 Å². The second kappa shape index (κ2) is 8.02. The van der Waals surface area contributed by atoms with Crippen LogP contribution in [-0.2, 0) is 4.79 Å². The topological polar surface area (TPSA) is 35.6 Å². The largest absolute Gasteiger partial charge is 0.371 e. The summed E-state index contributed by atoms with van der Waals surface area (Å²) in [6, 6.07) is 11.1. The molecular formula is C20H31N3O. The monoisotopic (exact) mass is 329 g/mol. The van der Waals surface area contributed by atoms with Crippen molar-refractivity contribution in [1.82, 2.24) is 10.2 Å². The lowest BCUT2D eigenvalue weighted by molar-refractivity contribution is -0.122. The first kappa shape index (κ1) is 17.3. The van der Waals surface area contributed by atoms with Crippen molar-refractivity contribution in [2.75, 3.05) is 37.6 Å². The number of para-hydroxylation sites is 1. The van der Waals surface area contributed by atoms with Gasteiger partial charge in [0.05, 0.1) is 6.54 Å². The zero-order valence-electron chi connectivity index (χ0n) is 15.1. The van der Waals surface area contributed by atoms with Gasteiger partial charge in [-0.2, -0.15) is 0 Å². The van der Waals surface area contributed by atoms with Gasteiger partial charge >= 0.3 is 0 Å². The lowest BCUT2D eigenvalue weighted by Crippen LogP contribution is -2.43. The molecule has 0 bridgehead atoms. The maximum atomic E-state index is 12.3. The zero-order chi connectivity index (χ0) is 16.9. The highest BCUT2D eigenvalue weighted by Crippen LogP contribution is 2.24. The number of carbonyl (C=O) groups excluding carboxylic acids is 1. The van der Waals surface area contributed by atoms with Crippen LogP contribution in [0.4, 0.5) is 5.69 Å². The molecule has 2 aliphatic heterocycles. The standard InChI is InChI=1S/C20H31N3O/c1-16(2)19-9-6-11-23(19)15-20(24)21-13-17-10-12-22(14-17)18-7-4-3-5-8-18/h3-5,7-8,16-17,19H,6,9-15H2,1-2H3,(H,21,24).